The molecule has 34 heavy (non-hydrogen) atoms. The number of imidazole rings is 1. The van der Waals surface area contributed by atoms with Gasteiger partial charge in [-0.3, -0.25) is 4.79 Å². The van der Waals surface area contributed by atoms with Gasteiger partial charge in [-0.1, -0.05) is 54.6 Å². The fourth-order valence-electron chi connectivity index (χ4n) is 4.28. The molecule has 9 heteroatoms. The Bertz CT molecular complexity index is 1250. The number of rotatable bonds is 7. The quantitative estimate of drug-likeness (QED) is 0.485. The molecule has 1 saturated heterocycles. The van der Waals surface area contributed by atoms with Crippen molar-refractivity contribution < 1.29 is 13.2 Å². The van der Waals surface area contributed by atoms with Gasteiger partial charge in [0.25, 0.3) is 5.91 Å². The monoisotopic (exact) mass is 544 g/mol. The molecule has 0 unspecified atom stereocenters. The number of sulfonamides is 1. The molecule has 1 aromatic heterocycles. The van der Waals surface area contributed by atoms with Crippen molar-refractivity contribution >= 4 is 31.9 Å². The average molecular weight is 546 g/mol. The largest absolute Gasteiger partial charge is 0.350 e. The van der Waals surface area contributed by atoms with Gasteiger partial charge in [-0.2, -0.15) is 0 Å². The number of carbonyl (C=O) groups excluding carboxylic acids is 1. The number of carbonyl (C=O) groups is 1. The number of piperidine rings is 1. The lowest BCUT2D eigenvalue weighted by Crippen LogP contribution is -2.41. The van der Waals surface area contributed by atoms with Crippen LogP contribution in [-0.2, 0) is 16.6 Å². The standard InChI is InChI=1S/C25H29BrN4O3S/c1-18-23(24(31)27-16-19-12-14-29(15-13-19)34(2,32)33)28-25(26)30(18)17-20-8-10-22(11-9-20)21-6-4-3-5-7-21/h3-11,19H,12-17H2,1-2H3,(H,27,31). The molecule has 1 fully saturated rings. The number of nitrogens with one attached hydrogen (secondary N) is 1. The Labute approximate surface area is 209 Å². The average Bonchev–Trinajstić information content (AvgIpc) is 3.11. The van der Waals surface area contributed by atoms with E-state index >= 15 is 0 Å². The van der Waals surface area contributed by atoms with E-state index in [0.29, 0.717) is 36.6 Å². The minimum atomic E-state index is -3.15. The second-order valence-electron chi connectivity index (χ2n) is 8.78. The molecule has 4 rings (SSSR count). The lowest BCUT2D eigenvalue weighted by atomic mass is 9.98. The summed E-state index contributed by atoms with van der Waals surface area (Å²) in [6, 6.07) is 18.6. The summed E-state index contributed by atoms with van der Waals surface area (Å²) in [5.74, 6) is 0.0535. The van der Waals surface area contributed by atoms with E-state index < -0.39 is 10.0 Å². The zero-order valence-corrected chi connectivity index (χ0v) is 21.8. The highest BCUT2D eigenvalue weighted by molar-refractivity contribution is 9.10. The molecular weight excluding hydrogens is 516 g/mol. The van der Waals surface area contributed by atoms with Gasteiger partial charge < -0.3 is 9.88 Å². The van der Waals surface area contributed by atoms with Crippen molar-refractivity contribution in [2.24, 2.45) is 5.92 Å². The van der Waals surface area contributed by atoms with Crippen molar-refractivity contribution in [1.29, 1.82) is 0 Å². The first-order valence-corrected chi connectivity index (χ1v) is 14.0. The van der Waals surface area contributed by atoms with Crippen molar-refractivity contribution in [3.05, 3.63) is 76.3 Å². The third kappa shape index (κ3) is 5.76. The first-order valence-electron chi connectivity index (χ1n) is 11.3. The Morgan fingerprint density at radius 2 is 1.68 bits per heavy atom. The molecule has 180 valence electrons. The van der Waals surface area contributed by atoms with Crippen LogP contribution in [0.2, 0.25) is 0 Å². The van der Waals surface area contributed by atoms with Crippen LogP contribution >= 0.6 is 15.9 Å². The first kappa shape index (κ1) is 24.6. The predicted octanol–water partition coefficient (Wildman–Crippen LogP) is 4.07. The maximum absolute atomic E-state index is 12.8. The van der Waals surface area contributed by atoms with E-state index in [0.717, 1.165) is 29.7 Å². The van der Waals surface area contributed by atoms with Gasteiger partial charge in [0.2, 0.25) is 10.0 Å². The highest BCUT2D eigenvalue weighted by Crippen LogP contribution is 2.23. The van der Waals surface area contributed by atoms with Crippen molar-refractivity contribution in [3.63, 3.8) is 0 Å². The number of hydrogen-bond donors (Lipinski definition) is 1. The topological polar surface area (TPSA) is 84.3 Å². The van der Waals surface area contributed by atoms with Crippen LogP contribution in [0.25, 0.3) is 11.1 Å². The molecule has 0 bridgehead atoms. The zero-order valence-electron chi connectivity index (χ0n) is 19.4. The SMILES string of the molecule is Cc1c(C(=O)NCC2CCN(S(C)(=O)=O)CC2)nc(Br)n1Cc1ccc(-c2ccccc2)cc1. The van der Waals surface area contributed by atoms with E-state index in [1.54, 1.807) is 0 Å². The summed E-state index contributed by atoms with van der Waals surface area (Å²) in [5, 5.41) is 2.99. The van der Waals surface area contributed by atoms with Gasteiger partial charge >= 0.3 is 0 Å². The van der Waals surface area contributed by atoms with Crippen molar-refractivity contribution in [2.45, 2.75) is 26.3 Å². The van der Waals surface area contributed by atoms with E-state index in [1.807, 2.05) is 29.7 Å². The molecule has 2 heterocycles. The second kappa shape index (κ2) is 10.4. The van der Waals surface area contributed by atoms with Gasteiger partial charge in [0.05, 0.1) is 6.26 Å². The predicted molar refractivity (Wildman–Crippen MR) is 137 cm³/mol. The van der Waals surface area contributed by atoms with Gasteiger partial charge in [0, 0.05) is 31.9 Å². The first-order chi connectivity index (χ1) is 16.2. The number of nitrogens with zero attached hydrogens (tertiary/aromatic N) is 3. The zero-order chi connectivity index (χ0) is 24.3. The summed E-state index contributed by atoms with van der Waals surface area (Å²) < 4.78 is 27.4. The van der Waals surface area contributed by atoms with Crippen LogP contribution in [0.3, 0.4) is 0 Å². The van der Waals surface area contributed by atoms with Crippen molar-refractivity contribution in [2.75, 3.05) is 25.9 Å². The lowest BCUT2D eigenvalue weighted by Gasteiger charge is -2.30. The Kier molecular flexibility index (Phi) is 7.54. The third-order valence-electron chi connectivity index (χ3n) is 6.39. The lowest BCUT2D eigenvalue weighted by molar-refractivity contribution is 0.0936. The molecule has 7 nitrogen and oxygen atoms in total. The number of halogens is 1. The fraction of sp³-hybridized carbons (Fsp3) is 0.360. The van der Waals surface area contributed by atoms with Gasteiger partial charge in [-0.15, -0.1) is 0 Å². The summed E-state index contributed by atoms with van der Waals surface area (Å²) >= 11 is 3.51. The van der Waals surface area contributed by atoms with E-state index in [9.17, 15) is 13.2 Å². The van der Waals surface area contributed by atoms with Crippen molar-refractivity contribution in [1.82, 2.24) is 19.2 Å². The highest BCUT2D eigenvalue weighted by Gasteiger charge is 2.26. The number of hydrogen-bond acceptors (Lipinski definition) is 4. The fourth-order valence-corrected chi connectivity index (χ4v) is 5.72. The molecule has 1 aliphatic heterocycles. The Morgan fingerprint density at radius 1 is 1.06 bits per heavy atom. The van der Waals surface area contributed by atoms with Crippen LogP contribution in [0, 0.1) is 12.8 Å². The Hall–Kier alpha value is -2.49. The third-order valence-corrected chi connectivity index (χ3v) is 8.29. The van der Waals surface area contributed by atoms with Crippen LogP contribution in [-0.4, -0.2) is 54.1 Å². The van der Waals surface area contributed by atoms with Crippen LogP contribution < -0.4 is 5.32 Å². The van der Waals surface area contributed by atoms with Gasteiger partial charge in [-0.05, 0) is 58.3 Å². The number of amides is 1. The smallest absolute Gasteiger partial charge is 0.271 e. The van der Waals surface area contributed by atoms with Gasteiger partial charge in [-0.25, -0.2) is 17.7 Å². The number of benzene rings is 2. The number of aromatic nitrogens is 2. The molecule has 0 saturated carbocycles. The normalized spacial score (nSPS) is 15.4. The van der Waals surface area contributed by atoms with E-state index in [2.05, 4.69) is 62.6 Å². The van der Waals surface area contributed by atoms with Gasteiger partial charge in [0.1, 0.15) is 5.69 Å². The van der Waals surface area contributed by atoms with Crippen LogP contribution in [0.4, 0.5) is 0 Å². The molecule has 0 radical (unpaired) electrons. The summed E-state index contributed by atoms with van der Waals surface area (Å²) in [4.78, 5) is 17.3. The van der Waals surface area contributed by atoms with Crippen LogP contribution in [0.5, 0.6) is 0 Å². The second-order valence-corrected chi connectivity index (χ2v) is 11.5. The van der Waals surface area contributed by atoms with Gasteiger partial charge in [0.15, 0.2) is 4.73 Å². The molecule has 1 N–H and O–H groups in total. The van der Waals surface area contributed by atoms with E-state index in [-0.39, 0.29) is 11.8 Å². The molecule has 0 atom stereocenters. The summed E-state index contributed by atoms with van der Waals surface area (Å²) in [6.07, 6.45) is 2.72. The molecule has 1 amide bonds. The van der Waals surface area contributed by atoms with Crippen molar-refractivity contribution in [3.8, 4) is 11.1 Å². The van der Waals surface area contributed by atoms with Crippen LogP contribution in [0.1, 0.15) is 34.6 Å². The Morgan fingerprint density at radius 3 is 2.29 bits per heavy atom. The summed E-state index contributed by atoms with van der Waals surface area (Å²) in [6.45, 7) is 4.02. The maximum Gasteiger partial charge on any atom is 0.271 e. The minimum Gasteiger partial charge on any atom is -0.350 e. The molecule has 2 aromatic carbocycles. The molecule has 3 aromatic rings. The maximum atomic E-state index is 12.8. The van der Waals surface area contributed by atoms with Crippen LogP contribution in [0.15, 0.2) is 59.3 Å². The highest BCUT2D eigenvalue weighted by atomic mass is 79.9. The van der Waals surface area contributed by atoms with E-state index in [1.165, 1.54) is 16.1 Å². The molecule has 0 aliphatic carbocycles. The minimum absolute atomic E-state index is 0.207. The molecule has 1 aliphatic rings. The molecular formula is C25H29BrN4O3S. The van der Waals surface area contributed by atoms with E-state index in [4.69, 9.17) is 0 Å². The Balaban J connectivity index is 1.37. The molecule has 0 spiro atoms. The summed E-state index contributed by atoms with van der Waals surface area (Å²) in [7, 11) is -3.15. The summed E-state index contributed by atoms with van der Waals surface area (Å²) in [5.41, 5.74) is 4.65.